The fourth-order valence-electron chi connectivity index (χ4n) is 17.2. The molecule has 17 nitrogen and oxygen atoms in total. The molecule has 8 aliphatic carbocycles. The van der Waals surface area contributed by atoms with E-state index >= 15 is 0 Å². The Morgan fingerprint density at radius 2 is 0.573 bits per heavy atom. The summed E-state index contributed by atoms with van der Waals surface area (Å²) in [7, 11) is 0. The number of benzene rings is 8. The van der Waals surface area contributed by atoms with Gasteiger partial charge in [0, 0.05) is 37.5 Å². The highest BCUT2D eigenvalue weighted by Crippen LogP contribution is 2.66. The van der Waals surface area contributed by atoms with Crippen LogP contribution in [0.5, 0.6) is 46.0 Å². The normalized spacial score (nSPS) is 23.9. The number of hydrogen-bond acceptors (Lipinski definition) is 16. The molecule has 0 amide bonds. The van der Waals surface area contributed by atoms with Crippen molar-refractivity contribution in [1.29, 1.82) is 0 Å². The van der Waals surface area contributed by atoms with Crippen LogP contribution in [0.4, 0.5) is 52.7 Å². The maximum absolute atomic E-state index is 13.7. The van der Waals surface area contributed by atoms with E-state index in [9.17, 15) is 82.7 Å². The third-order valence-corrected chi connectivity index (χ3v) is 28.8. The average Bonchev–Trinajstić information content (AvgIpc) is 1.19. The second-order valence-electron chi connectivity index (χ2n) is 32.7. The number of carbonyl (C=O) groups is 2. The lowest BCUT2D eigenvalue weighted by Gasteiger charge is -2.63. The fourth-order valence-corrected chi connectivity index (χ4v) is 21.5. The smallest absolute Gasteiger partial charge is 0.377 e. The molecule has 2 heterocycles. The van der Waals surface area contributed by atoms with Gasteiger partial charge in [0.1, 0.15) is 110 Å². The lowest BCUT2D eigenvalue weighted by molar-refractivity contribution is -0.894. The van der Waals surface area contributed by atoms with Crippen molar-refractivity contribution in [3.8, 4) is 46.0 Å². The minimum absolute atomic E-state index is 0. The van der Waals surface area contributed by atoms with Crippen molar-refractivity contribution in [2.75, 3.05) is 46.1 Å². The van der Waals surface area contributed by atoms with Gasteiger partial charge >= 0.3 is 89.9 Å². The molecular weight excluding hydrogens is 1890 g/mol. The van der Waals surface area contributed by atoms with Crippen LogP contribution in [-0.4, -0.2) is 137 Å². The Morgan fingerprint density at radius 3 is 0.758 bits per heavy atom. The molecule has 18 rings (SSSR count). The zero-order valence-electron chi connectivity index (χ0n) is 68.6. The van der Waals surface area contributed by atoms with Crippen molar-refractivity contribution in [3.05, 3.63) is 231 Å². The Hall–Kier alpha value is -8.19. The molecule has 2 spiro atoms. The third-order valence-electron chi connectivity index (χ3n) is 23.4. The number of phenolic OH excluding ortho intramolecular Hbond substituents is 4. The summed E-state index contributed by atoms with van der Waals surface area (Å²) in [5.41, 5.74) is 1.76. The largest absolute Gasteiger partial charge is 1.00 e. The summed E-state index contributed by atoms with van der Waals surface area (Å²) in [5, 5.41) is 37.4. The number of carbonyl (C=O) groups excluding carboxylic acids is 2. The van der Waals surface area contributed by atoms with E-state index < -0.39 is 120 Å². The quantitative estimate of drug-likeness (QED) is 0.0229. The summed E-state index contributed by atoms with van der Waals surface area (Å²) in [5.74, 6) is -29.2. The summed E-state index contributed by atoms with van der Waals surface area (Å²) >= 11 is -0.560. The second kappa shape index (κ2) is 40.4. The first-order valence-electron chi connectivity index (χ1n) is 40.7. The maximum Gasteiger partial charge on any atom is 0.377 e. The number of phenols is 4. The van der Waals surface area contributed by atoms with Gasteiger partial charge in [-0.1, -0.05) is 48.5 Å². The minimum Gasteiger partial charge on any atom is -1.00 e. The van der Waals surface area contributed by atoms with Crippen LogP contribution in [0.3, 0.4) is 0 Å². The molecule has 124 heavy (non-hydrogen) atoms. The number of aromatic hydroxyl groups is 4. The van der Waals surface area contributed by atoms with E-state index in [4.69, 9.17) is 47.4 Å². The highest BCUT2D eigenvalue weighted by atomic mass is 127. The molecule has 5 N–H and O–H groups in total. The van der Waals surface area contributed by atoms with Gasteiger partial charge in [0.15, 0.2) is 25.9 Å². The molecule has 0 radical (unpaired) electrons. The Labute approximate surface area is 738 Å². The summed E-state index contributed by atoms with van der Waals surface area (Å²) in [6.07, 6.45) is 2.93. The van der Waals surface area contributed by atoms with E-state index in [0.717, 1.165) is 45.3 Å². The summed E-state index contributed by atoms with van der Waals surface area (Å²) < 4.78 is 223. The summed E-state index contributed by atoms with van der Waals surface area (Å²) in [6.45, 7) is 7.36. The van der Waals surface area contributed by atoms with Gasteiger partial charge < -0.3 is 85.1 Å². The zero-order valence-corrected chi connectivity index (χ0v) is 73.7. The molecule has 10 fully saturated rings. The Bertz CT molecular complexity index is 4210. The number of hydrogen-bond donors (Lipinski definition) is 5. The standard InChI is InChI=1S/2C26H21IO4.2C17H20F6O4.C6H15N.ClH/c2*28-23-9-1-19(2-10-23)17-30-25-13-5-21(6-14-25)27-22-7-15-26(16-8-22)31-18-20-3-11-24(29)12-4-20;2*1-13(18,19)12(24)27-14-4-9-2-10(5-14)17(11(3-9)6-14)25-7-15(20,21)16(22,23)8-26-17;1-4-7(5-2)6-3;/h2*1-16H,17-18H2,(H-,28,29);2*9-11H,2-8H2,1H3;4-6H2,1-3H3;1H/p+2. The Morgan fingerprint density at radius 1 is 0.363 bits per heavy atom. The van der Waals surface area contributed by atoms with Crippen LogP contribution in [0.1, 0.15) is 121 Å². The van der Waals surface area contributed by atoms with Gasteiger partial charge in [-0.25, -0.2) is 9.59 Å². The molecule has 4 unspecified atom stereocenters. The number of ether oxygens (including phenoxy) is 10. The van der Waals surface area contributed by atoms with Crippen molar-refractivity contribution in [3.63, 3.8) is 0 Å². The molecule has 8 aromatic carbocycles. The van der Waals surface area contributed by atoms with Crippen LogP contribution in [-0.2, 0) is 64.4 Å². The molecule has 672 valence electrons. The van der Waals surface area contributed by atoms with Gasteiger partial charge in [0.25, 0.3) is 0 Å². The average molecular weight is 1990 g/mol. The van der Waals surface area contributed by atoms with Gasteiger partial charge in [-0.2, -0.15) is 52.7 Å². The molecular formula is C92H100ClF12I2NO16+2. The first-order valence-corrected chi connectivity index (χ1v) is 45.0. The van der Waals surface area contributed by atoms with E-state index in [-0.39, 0.29) is 115 Å². The monoisotopic (exact) mass is 1990 g/mol. The predicted octanol–water partition coefficient (Wildman–Crippen LogP) is 9.26. The highest BCUT2D eigenvalue weighted by Gasteiger charge is 2.72. The maximum atomic E-state index is 13.7. The molecule has 8 aromatic rings. The lowest BCUT2D eigenvalue weighted by Crippen LogP contribution is -3.61. The molecule has 8 saturated carbocycles. The van der Waals surface area contributed by atoms with E-state index in [1.807, 2.05) is 97.1 Å². The third kappa shape index (κ3) is 24.4. The SMILES string of the molecule is CC(F)(F)C(=O)OC12CC3CC(C1)C1(OCC(F)(F)C(F)(F)CO1)C(C3)C2.CC(F)(F)C(=O)OC12CC3CC(C1)C1(OCC(F)(F)C(F)(F)CO1)C(C3)C2.CC[NH+](CC)CC.Oc1ccc(COc2ccc([I+]c3ccc(OCc4ccc(O)cc4)cc3)cc2)cc1.Oc1ccc(COc2ccc([I+]c3ccc(OCc4ccc(O)cc4)cc3)cc2)cc1.[Cl-]. The summed E-state index contributed by atoms with van der Waals surface area (Å²) in [4.78, 5) is 25.1. The van der Waals surface area contributed by atoms with Gasteiger partial charge in [-0.3, -0.25) is 0 Å². The predicted molar refractivity (Wildman–Crippen MR) is 418 cm³/mol. The molecule has 32 heteroatoms. The van der Waals surface area contributed by atoms with E-state index in [1.54, 1.807) is 53.4 Å². The van der Waals surface area contributed by atoms with Crippen LogP contribution < -0.4 is 78.7 Å². The number of rotatable bonds is 23. The molecule has 2 saturated heterocycles. The Kier molecular flexibility index (Phi) is 31.4. The Balaban J connectivity index is 0.000000156. The number of alkyl halides is 12. The van der Waals surface area contributed by atoms with Crippen LogP contribution in [0, 0.1) is 49.8 Å². The number of quaternary nitrogens is 1. The number of halogens is 15. The van der Waals surface area contributed by atoms with Crippen molar-refractivity contribution >= 4 is 11.9 Å². The van der Waals surface area contributed by atoms with Crippen molar-refractivity contribution in [2.45, 2.75) is 184 Å². The van der Waals surface area contributed by atoms with Crippen LogP contribution in [0.15, 0.2) is 194 Å². The van der Waals surface area contributed by atoms with E-state index in [2.05, 4.69) is 69.3 Å². The summed E-state index contributed by atoms with van der Waals surface area (Å²) in [6, 6.07) is 61.1. The van der Waals surface area contributed by atoms with Crippen molar-refractivity contribution in [1.82, 2.24) is 0 Å². The number of esters is 2. The van der Waals surface area contributed by atoms with Crippen molar-refractivity contribution in [2.24, 2.45) is 35.5 Å². The van der Waals surface area contributed by atoms with Crippen LogP contribution >= 0.6 is 0 Å². The molecule has 0 aromatic heterocycles. The van der Waals surface area contributed by atoms with Gasteiger partial charge in [0.2, 0.25) is 0 Å². The highest BCUT2D eigenvalue weighted by molar-refractivity contribution is 5.78. The first kappa shape index (κ1) is 96.4. The van der Waals surface area contributed by atoms with Crippen molar-refractivity contribution < 1.29 is 190 Å². The molecule has 4 atom stereocenters. The van der Waals surface area contributed by atoms with Gasteiger partial charge in [-0.15, -0.1) is 0 Å². The fraction of sp³-hybridized carbons (Fsp3) is 0.457. The van der Waals surface area contributed by atoms with Gasteiger partial charge in [0.05, 0.1) is 19.6 Å². The molecule has 2 aliphatic heterocycles. The lowest BCUT2D eigenvalue weighted by atomic mass is 9.51. The number of nitrogens with one attached hydrogen (secondary N) is 1. The van der Waals surface area contributed by atoms with Crippen LogP contribution in [0.25, 0.3) is 0 Å². The van der Waals surface area contributed by atoms with E-state index in [1.165, 1.54) is 33.9 Å². The van der Waals surface area contributed by atoms with Gasteiger partial charge in [-0.05, 0) is 265 Å². The molecule has 8 bridgehead atoms. The van der Waals surface area contributed by atoms with Crippen LogP contribution in [0.2, 0.25) is 0 Å². The minimum atomic E-state index is -4.36. The van der Waals surface area contributed by atoms with E-state index in [0.29, 0.717) is 78.8 Å². The second-order valence-corrected chi connectivity index (χ2v) is 38.7. The zero-order chi connectivity index (χ0) is 88.4. The molecule has 10 aliphatic rings. The topological polar surface area (TPSA) is 212 Å². The first-order chi connectivity index (χ1) is 58.2.